The van der Waals surface area contributed by atoms with Crippen molar-refractivity contribution in [2.24, 2.45) is 0 Å². The SMILES string of the molecule is CC(c1ccc(-c2nccn2-c2ccc3c(c2)ncn3CCO)cc1)N(C)C. The van der Waals surface area contributed by atoms with E-state index >= 15 is 0 Å². The minimum atomic E-state index is 0.0985. The van der Waals surface area contributed by atoms with Crippen LogP contribution in [0.5, 0.6) is 0 Å². The van der Waals surface area contributed by atoms with Gasteiger partial charge < -0.3 is 14.6 Å². The number of benzene rings is 2. The highest BCUT2D eigenvalue weighted by Gasteiger charge is 2.12. The van der Waals surface area contributed by atoms with Crippen molar-refractivity contribution in [2.75, 3.05) is 20.7 Å². The fourth-order valence-corrected chi connectivity index (χ4v) is 3.42. The fourth-order valence-electron chi connectivity index (χ4n) is 3.42. The Hall–Kier alpha value is -2.96. The minimum Gasteiger partial charge on any atom is -0.395 e. The number of aromatic nitrogens is 4. The highest BCUT2D eigenvalue weighted by molar-refractivity contribution is 5.78. The fraction of sp³-hybridized carbons (Fsp3) is 0.273. The van der Waals surface area contributed by atoms with Crippen LogP contribution in [0.3, 0.4) is 0 Å². The van der Waals surface area contributed by atoms with Gasteiger partial charge in [-0.3, -0.25) is 4.57 Å². The molecule has 2 aromatic heterocycles. The molecule has 1 atom stereocenters. The Kier molecular flexibility index (Phi) is 4.98. The molecular formula is C22H25N5O. The average Bonchev–Trinajstić information content (AvgIpc) is 3.35. The predicted octanol–water partition coefficient (Wildman–Crippen LogP) is 3.50. The predicted molar refractivity (Wildman–Crippen MR) is 111 cm³/mol. The molecular weight excluding hydrogens is 350 g/mol. The molecule has 0 radical (unpaired) electrons. The standard InChI is InChI=1S/C22H25N5O/c1-16(25(2)3)17-4-6-18(7-5-17)22-23-10-11-27(22)19-8-9-21-20(14-19)24-15-26(21)12-13-28/h4-11,14-16,28H,12-13H2,1-3H3. The zero-order valence-electron chi connectivity index (χ0n) is 16.4. The van der Waals surface area contributed by atoms with Crippen LogP contribution in [0.15, 0.2) is 61.2 Å². The van der Waals surface area contributed by atoms with Gasteiger partial charge in [-0.2, -0.15) is 0 Å². The Morgan fingerprint density at radius 2 is 1.86 bits per heavy atom. The van der Waals surface area contributed by atoms with Crippen LogP contribution in [-0.4, -0.2) is 49.8 Å². The summed E-state index contributed by atoms with van der Waals surface area (Å²) in [5, 5.41) is 9.19. The highest BCUT2D eigenvalue weighted by Crippen LogP contribution is 2.26. The van der Waals surface area contributed by atoms with Gasteiger partial charge in [0.1, 0.15) is 5.82 Å². The van der Waals surface area contributed by atoms with Crippen LogP contribution in [-0.2, 0) is 6.54 Å². The van der Waals surface area contributed by atoms with E-state index in [0.29, 0.717) is 12.6 Å². The third-order valence-electron chi connectivity index (χ3n) is 5.29. The van der Waals surface area contributed by atoms with Gasteiger partial charge in [0.2, 0.25) is 0 Å². The topological polar surface area (TPSA) is 59.1 Å². The first-order chi connectivity index (χ1) is 13.6. The molecule has 6 nitrogen and oxygen atoms in total. The van der Waals surface area contributed by atoms with Gasteiger partial charge in [0.15, 0.2) is 0 Å². The summed E-state index contributed by atoms with van der Waals surface area (Å²) >= 11 is 0. The molecule has 0 aliphatic heterocycles. The van der Waals surface area contributed by atoms with Gasteiger partial charge in [0.25, 0.3) is 0 Å². The molecule has 0 aliphatic carbocycles. The number of imidazole rings is 2. The van der Waals surface area contributed by atoms with Crippen molar-refractivity contribution in [2.45, 2.75) is 19.5 Å². The van der Waals surface area contributed by atoms with Crippen molar-refractivity contribution < 1.29 is 5.11 Å². The summed E-state index contributed by atoms with van der Waals surface area (Å²) in [5.41, 5.74) is 5.29. The summed E-state index contributed by atoms with van der Waals surface area (Å²) in [5.74, 6) is 0.901. The number of hydrogen-bond donors (Lipinski definition) is 1. The summed E-state index contributed by atoms with van der Waals surface area (Å²) in [6.45, 7) is 2.84. The summed E-state index contributed by atoms with van der Waals surface area (Å²) in [6.07, 6.45) is 5.56. The number of rotatable bonds is 6. The van der Waals surface area contributed by atoms with Crippen LogP contribution in [0, 0.1) is 0 Å². The second-order valence-corrected chi connectivity index (χ2v) is 7.22. The Morgan fingerprint density at radius 3 is 2.57 bits per heavy atom. The van der Waals surface area contributed by atoms with Crippen molar-refractivity contribution in [1.29, 1.82) is 0 Å². The van der Waals surface area contributed by atoms with Gasteiger partial charge in [-0.1, -0.05) is 24.3 Å². The smallest absolute Gasteiger partial charge is 0.144 e. The third kappa shape index (κ3) is 3.32. The van der Waals surface area contributed by atoms with Gasteiger partial charge in [-0.15, -0.1) is 0 Å². The van der Waals surface area contributed by atoms with Gasteiger partial charge >= 0.3 is 0 Å². The molecule has 0 amide bonds. The second kappa shape index (κ2) is 7.58. The number of aliphatic hydroxyl groups is 1. The molecule has 4 aromatic rings. The van der Waals surface area contributed by atoms with Crippen molar-refractivity contribution in [3.05, 3.63) is 66.7 Å². The summed E-state index contributed by atoms with van der Waals surface area (Å²) in [6, 6.07) is 15.1. The molecule has 4 rings (SSSR count). The van der Waals surface area contributed by atoms with E-state index in [4.69, 9.17) is 0 Å². The molecule has 0 bridgehead atoms. The Labute approximate surface area is 164 Å². The Bertz CT molecular complexity index is 1080. The molecule has 0 saturated carbocycles. The first kappa shape index (κ1) is 18.4. The van der Waals surface area contributed by atoms with E-state index in [1.54, 1.807) is 6.33 Å². The Balaban J connectivity index is 1.68. The molecule has 0 aliphatic rings. The van der Waals surface area contributed by atoms with Crippen LogP contribution >= 0.6 is 0 Å². The van der Waals surface area contributed by atoms with Gasteiger partial charge in [-0.25, -0.2) is 9.97 Å². The first-order valence-corrected chi connectivity index (χ1v) is 9.44. The van der Waals surface area contributed by atoms with Crippen LogP contribution in [0.25, 0.3) is 28.1 Å². The number of nitrogens with zero attached hydrogens (tertiary/aromatic N) is 5. The molecule has 28 heavy (non-hydrogen) atoms. The van der Waals surface area contributed by atoms with Crippen molar-refractivity contribution >= 4 is 11.0 Å². The van der Waals surface area contributed by atoms with E-state index in [1.165, 1.54) is 5.56 Å². The van der Waals surface area contributed by atoms with Crippen molar-refractivity contribution in [3.63, 3.8) is 0 Å². The molecule has 0 spiro atoms. The lowest BCUT2D eigenvalue weighted by Gasteiger charge is -2.20. The number of hydrogen-bond acceptors (Lipinski definition) is 4. The average molecular weight is 375 g/mol. The zero-order chi connectivity index (χ0) is 19.7. The maximum absolute atomic E-state index is 9.19. The number of fused-ring (bicyclic) bond motifs is 1. The van der Waals surface area contributed by atoms with E-state index in [-0.39, 0.29) is 6.61 Å². The van der Waals surface area contributed by atoms with E-state index < -0.39 is 0 Å². The molecule has 0 saturated heterocycles. The zero-order valence-corrected chi connectivity index (χ0v) is 16.4. The molecule has 2 aromatic carbocycles. The second-order valence-electron chi connectivity index (χ2n) is 7.22. The van der Waals surface area contributed by atoms with E-state index in [1.807, 2.05) is 23.0 Å². The van der Waals surface area contributed by atoms with Crippen LogP contribution in [0.2, 0.25) is 0 Å². The molecule has 2 heterocycles. The molecule has 1 N–H and O–H groups in total. The van der Waals surface area contributed by atoms with Gasteiger partial charge in [-0.05, 0) is 44.8 Å². The highest BCUT2D eigenvalue weighted by atomic mass is 16.3. The van der Waals surface area contributed by atoms with E-state index in [0.717, 1.165) is 28.1 Å². The van der Waals surface area contributed by atoms with E-state index in [2.05, 4.69) is 76.9 Å². The maximum atomic E-state index is 9.19. The summed E-state index contributed by atoms with van der Waals surface area (Å²) < 4.78 is 4.04. The molecule has 144 valence electrons. The lowest BCUT2D eigenvalue weighted by atomic mass is 10.1. The van der Waals surface area contributed by atoms with Gasteiger partial charge in [0, 0.05) is 36.2 Å². The first-order valence-electron chi connectivity index (χ1n) is 9.44. The van der Waals surface area contributed by atoms with Crippen molar-refractivity contribution in [3.8, 4) is 17.1 Å². The molecule has 1 unspecified atom stereocenters. The quantitative estimate of drug-likeness (QED) is 0.560. The minimum absolute atomic E-state index is 0.0985. The monoisotopic (exact) mass is 375 g/mol. The summed E-state index contributed by atoms with van der Waals surface area (Å²) in [7, 11) is 4.17. The molecule has 0 fully saturated rings. The van der Waals surface area contributed by atoms with Crippen molar-refractivity contribution in [1.82, 2.24) is 24.0 Å². The third-order valence-corrected chi connectivity index (χ3v) is 5.29. The molecule has 6 heteroatoms. The number of aliphatic hydroxyl groups excluding tert-OH is 1. The lowest BCUT2D eigenvalue weighted by molar-refractivity contribution is 0.278. The van der Waals surface area contributed by atoms with Gasteiger partial charge in [0.05, 0.1) is 24.0 Å². The van der Waals surface area contributed by atoms with Crippen LogP contribution in [0.4, 0.5) is 0 Å². The van der Waals surface area contributed by atoms with Crippen LogP contribution in [0.1, 0.15) is 18.5 Å². The normalized spacial score (nSPS) is 12.8. The van der Waals surface area contributed by atoms with Crippen LogP contribution < -0.4 is 0 Å². The summed E-state index contributed by atoms with van der Waals surface area (Å²) in [4.78, 5) is 11.2. The van der Waals surface area contributed by atoms with E-state index in [9.17, 15) is 5.11 Å². The largest absolute Gasteiger partial charge is 0.395 e. The maximum Gasteiger partial charge on any atom is 0.144 e. The lowest BCUT2D eigenvalue weighted by Crippen LogP contribution is -2.16. The Morgan fingerprint density at radius 1 is 1.07 bits per heavy atom.